The molecule has 4 rings (SSSR count). The summed E-state index contributed by atoms with van der Waals surface area (Å²) in [6.07, 6.45) is 0. The summed E-state index contributed by atoms with van der Waals surface area (Å²) < 4.78 is 18.3. The fourth-order valence-corrected chi connectivity index (χ4v) is 2.64. The molecular formula is C18H18N4O3. The van der Waals surface area contributed by atoms with Gasteiger partial charge in [0, 0.05) is 20.2 Å². The fraction of sp³-hybridized carbons (Fsp3) is 0.222. The maximum atomic E-state index is 5.78. The van der Waals surface area contributed by atoms with Crippen molar-refractivity contribution in [1.82, 2.24) is 14.5 Å². The first-order chi connectivity index (χ1) is 12.2. The van der Waals surface area contributed by atoms with E-state index < -0.39 is 0 Å². The van der Waals surface area contributed by atoms with Gasteiger partial charge in [-0.25, -0.2) is 4.98 Å². The molecule has 0 saturated carbocycles. The summed E-state index contributed by atoms with van der Waals surface area (Å²) in [5.41, 5.74) is 3.35. The van der Waals surface area contributed by atoms with E-state index in [0.29, 0.717) is 30.8 Å². The lowest BCUT2D eigenvalue weighted by Gasteiger charge is -2.04. The largest absolute Gasteiger partial charge is 0.491 e. The molecular weight excluding hydrogens is 320 g/mol. The molecule has 0 aliphatic heterocycles. The summed E-state index contributed by atoms with van der Waals surface area (Å²) in [6.45, 7) is 1.02. The van der Waals surface area contributed by atoms with Crippen molar-refractivity contribution in [1.29, 1.82) is 0 Å². The molecule has 7 nitrogen and oxygen atoms in total. The van der Waals surface area contributed by atoms with Crippen molar-refractivity contribution in [3.63, 3.8) is 0 Å². The number of rotatable bonds is 6. The van der Waals surface area contributed by atoms with Crippen molar-refractivity contribution in [2.45, 2.75) is 0 Å². The third-order valence-corrected chi connectivity index (χ3v) is 3.92. The molecule has 0 fully saturated rings. The van der Waals surface area contributed by atoms with Crippen molar-refractivity contribution < 1.29 is 13.9 Å². The van der Waals surface area contributed by atoms with Crippen LogP contribution in [0.25, 0.3) is 22.1 Å². The maximum Gasteiger partial charge on any atom is 0.302 e. The zero-order chi connectivity index (χ0) is 17.2. The number of aromatic nitrogens is 3. The molecule has 0 aliphatic rings. The van der Waals surface area contributed by atoms with Gasteiger partial charge in [-0.05, 0) is 24.3 Å². The number of imidazole rings is 1. The van der Waals surface area contributed by atoms with Gasteiger partial charge in [-0.3, -0.25) is 5.32 Å². The van der Waals surface area contributed by atoms with Crippen LogP contribution < -0.4 is 10.1 Å². The van der Waals surface area contributed by atoms with Crippen molar-refractivity contribution in [3.8, 4) is 5.75 Å². The van der Waals surface area contributed by atoms with E-state index in [1.54, 1.807) is 7.11 Å². The molecule has 2 aromatic carbocycles. The van der Waals surface area contributed by atoms with E-state index in [2.05, 4.69) is 15.3 Å². The Bertz CT molecular complexity index is 1020. The monoisotopic (exact) mass is 338 g/mol. The second-order valence-electron chi connectivity index (χ2n) is 5.60. The first kappa shape index (κ1) is 15.5. The lowest BCUT2D eigenvalue weighted by atomic mass is 10.3. The molecule has 128 valence electrons. The molecule has 0 bridgehead atoms. The van der Waals surface area contributed by atoms with Crippen molar-refractivity contribution in [2.24, 2.45) is 7.05 Å². The minimum Gasteiger partial charge on any atom is -0.491 e. The molecule has 0 atom stereocenters. The molecule has 7 heteroatoms. The Labute approximate surface area is 144 Å². The van der Waals surface area contributed by atoms with Crippen molar-refractivity contribution in [3.05, 3.63) is 42.5 Å². The Morgan fingerprint density at radius 2 is 1.96 bits per heavy atom. The molecule has 0 aliphatic carbocycles. The second kappa shape index (κ2) is 6.45. The summed E-state index contributed by atoms with van der Waals surface area (Å²) >= 11 is 0. The Hall–Kier alpha value is -3.06. The predicted octanol–water partition coefficient (Wildman–Crippen LogP) is 3.48. The number of aryl methyl sites for hydroxylation is 1. The van der Waals surface area contributed by atoms with Gasteiger partial charge in [0.2, 0.25) is 5.95 Å². The molecule has 25 heavy (non-hydrogen) atoms. The molecule has 0 radical (unpaired) electrons. The SMILES string of the molecule is COCCOc1ccc2nc(Nc3nc4ccccc4n3C)oc2c1. The van der Waals surface area contributed by atoms with E-state index in [9.17, 15) is 0 Å². The molecule has 1 N–H and O–H groups in total. The molecule has 2 heterocycles. The van der Waals surface area contributed by atoms with Crippen LogP contribution in [0.3, 0.4) is 0 Å². The van der Waals surface area contributed by atoms with Crippen LogP contribution in [0.2, 0.25) is 0 Å². The van der Waals surface area contributed by atoms with Gasteiger partial charge in [-0.1, -0.05) is 12.1 Å². The number of ether oxygens (including phenoxy) is 2. The number of fused-ring (bicyclic) bond motifs is 2. The number of hydrogen-bond acceptors (Lipinski definition) is 6. The van der Waals surface area contributed by atoms with Crippen LogP contribution in [-0.4, -0.2) is 34.9 Å². The average molecular weight is 338 g/mol. The third-order valence-electron chi connectivity index (χ3n) is 3.92. The maximum absolute atomic E-state index is 5.78. The van der Waals surface area contributed by atoms with Crippen LogP contribution in [0.15, 0.2) is 46.9 Å². The number of hydrogen-bond donors (Lipinski definition) is 1. The first-order valence-corrected chi connectivity index (χ1v) is 7.95. The van der Waals surface area contributed by atoms with E-state index in [0.717, 1.165) is 22.3 Å². The number of nitrogens with zero attached hydrogens (tertiary/aromatic N) is 3. The topological polar surface area (TPSA) is 74.3 Å². The fourth-order valence-electron chi connectivity index (χ4n) is 2.64. The van der Waals surface area contributed by atoms with E-state index in [4.69, 9.17) is 13.9 Å². The first-order valence-electron chi connectivity index (χ1n) is 7.95. The summed E-state index contributed by atoms with van der Waals surface area (Å²) in [4.78, 5) is 9.00. The summed E-state index contributed by atoms with van der Waals surface area (Å²) in [6, 6.07) is 13.9. The zero-order valence-electron chi connectivity index (χ0n) is 14.0. The minimum absolute atomic E-state index is 0.391. The van der Waals surface area contributed by atoms with Crippen LogP contribution >= 0.6 is 0 Å². The smallest absolute Gasteiger partial charge is 0.302 e. The Kier molecular flexibility index (Phi) is 3.99. The van der Waals surface area contributed by atoms with Gasteiger partial charge in [-0.15, -0.1) is 0 Å². The van der Waals surface area contributed by atoms with Crippen molar-refractivity contribution >= 4 is 34.1 Å². The zero-order valence-corrected chi connectivity index (χ0v) is 14.0. The van der Waals surface area contributed by atoms with Crippen molar-refractivity contribution in [2.75, 3.05) is 25.6 Å². The number of nitrogens with one attached hydrogen (secondary N) is 1. The molecule has 0 amide bonds. The van der Waals surface area contributed by atoms with Gasteiger partial charge in [0.05, 0.1) is 17.6 Å². The summed E-state index contributed by atoms with van der Waals surface area (Å²) in [5, 5.41) is 3.14. The van der Waals surface area contributed by atoms with Gasteiger partial charge in [0.25, 0.3) is 0 Å². The highest BCUT2D eigenvalue weighted by molar-refractivity contribution is 5.80. The van der Waals surface area contributed by atoms with Gasteiger partial charge >= 0.3 is 6.01 Å². The summed E-state index contributed by atoms with van der Waals surface area (Å²) in [7, 11) is 3.59. The van der Waals surface area contributed by atoms with Gasteiger partial charge < -0.3 is 18.5 Å². The lowest BCUT2D eigenvalue weighted by molar-refractivity contribution is 0.146. The Balaban J connectivity index is 1.59. The van der Waals surface area contributed by atoms with Gasteiger partial charge in [0.1, 0.15) is 17.9 Å². The van der Waals surface area contributed by atoms with E-state index in [-0.39, 0.29) is 0 Å². The predicted molar refractivity (Wildman–Crippen MR) is 95.4 cm³/mol. The van der Waals surface area contributed by atoms with Crippen LogP contribution in [0.4, 0.5) is 12.0 Å². The third kappa shape index (κ3) is 3.01. The van der Waals surface area contributed by atoms with Crippen LogP contribution in [0.1, 0.15) is 0 Å². The molecule has 2 aromatic heterocycles. The highest BCUT2D eigenvalue weighted by Crippen LogP contribution is 2.26. The van der Waals surface area contributed by atoms with E-state index in [1.807, 2.05) is 54.1 Å². The Morgan fingerprint density at radius 3 is 2.80 bits per heavy atom. The lowest BCUT2D eigenvalue weighted by Crippen LogP contribution is -2.03. The van der Waals surface area contributed by atoms with E-state index >= 15 is 0 Å². The number of benzene rings is 2. The van der Waals surface area contributed by atoms with Gasteiger partial charge in [0.15, 0.2) is 5.58 Å². The number of para-hydroxylation sites is 2. The Morgan fingerprint density at radius 1 is 1.08 bits per heavy atom. The molecule has 0 unspecified atom stereocenters. The molecule has 4 aromatic rings. The number of oxazole rings is 1. The number of anilines is 2. The normalized spacial score (nSPS) is 11.3. The minimum atomic E-state index is 0.391. The van der Waals surface area contributed by atoms with Crippen LogP contribution in [-0.2, 0) is 11.8 Å². The van der Waals surface area contributed by atoms with Crippen LogP contribution in [0.5, 0.6) is 5.75 Å². The quantitative estimate of drug-likeness (QED) is 0.543. The van der Waals surface area contributed by atoms with Gasteiger partial charge in [-0.2, -0.15) is 4.98 Å². The highest BCUT2D eigenvalue weighted by atomic mass is 16.5. The molecule has 0 saturated heterocycles. The van der Waals surface area contributed by atoms with Crippen LogP contribution in [0, 0.1) is 0 Å². The second-order valence-corrected chi connectivity index (χ2v) is 5.60. The molecule has 0 spiro atoms. The highest BCUT2D eigenvalue weighted by Gasteiger charge is 2.12. The standard InChI is InChI=1S/C18H18N4O3/c1-22-15-6-4-3-5-13(15)19-17(22)21-18-20-14-8-7-12(11-16(14)25-18)24-10-9-23-2/h3-8,11H,9-10H2,1-2H3,(H,19,20,21). The average Bonchev–Trinajstić information content (AvgIpc) is 3.16. The number of methoxy groups -OCH3 is 1. The summed E-state index contributed by atoms with van der Waals surface area (Å²) in [5.74, 6) is 1.39. The van der Waals surface area contributed by atoms with E-state index in [1.165, 1.54) is 0 Å².